The first-order valence-corrected chi connectivity index (χ1v) is 6.51. The molecule has 1 saturated heterocycles. The first kappa shape index (κ1) is 13.1. The standard InChI is InChI=1S/C15H21NO2/c1-2-11-18-15-6-4-3-5-13(15)12-16-9-7-14(17)8-10-16/h2-6,14,17H,1,7-12H2. The topological polar surface area (TPSA) is 32.7 Å². The highest BCUT2D eigenvalue weighted by Gasteiger charge is 2.17. The summed E-state index contributed by atoms with van der Waals surface area (Å²) in [6.07, 6.45) is 3.38. The molecule has 0 amide bonds. The number of aliphatic hydroxyl groups excluding tert-OH is 1. The van der Waals surface area contributed by atoms with Gasteiger partial charge in [-0.05, 0) is 18.9 Å². The lowest BCUT2D eigenvalue weighted by atomic mass is 10.1. The molecule has 0 spiro atoms. The van der Waals surface area contributed by atoms with Crippen LogP contribution < -0.4 is 4.74 Å². The van der Waals surface area contributed by atoms with Crippen molar-refractivity contribution in [3.8, 4) is 5.75 Å². The van der Waals surface area contributed by atoms with E-state index < -0.39 is 0 Å². The Morgan fingerprint density at radius 3 is 2.78 bits per heavy atom. The predicted octanol–water partition coefficient (Wildman–Crippen LogP) is 2.21. The molecule has 3 nitrogen and oxygen atoms in total. The molecule has 0 atom stereocenters. The summed E-state index contributed by atoms with van der Waals surface area (Å²) < 4.78 is 5.65. The number of aliphatic hydroxyl groups is 1. The molecular weight excluding hydrogens is 226 g/mol. The smallest absolute Gasteiger partial charge is 0.124 e. The maximum atomic E-state index is 9.50. The monoisotopic (exact) mass is 247 g/mol. The molecule has 0 bridgehead atoms. The van der Waals surface area contributed by atoms with Gasteiger partial charge in [0, 0.05) is 25.2 Å². The maximum absolute atomic E-state index is 9.50. The minimum Gasteiger partial charge on any atom is -0.489 e. The van der Waals surface area contributed by atoms with E-state index >= 15 is 0 Å². The Labute approximate surface area is 109 Å². The molecule has 2 rings (SSSR count). The van der Waals surface area contributed by atoms with Crippen molar-refractivity contribution < 1.29 is 9.84 Å². The average molecular weight is 247 g/mol. The molecule has 1 fully saturated rings. The van der Waals surface area contributed by atoms with E-state index in [1.165, 1.54) is 5.56 Å². The molecule has 3 heteroatoms. The maximum Gasteiger partial charge on any atom is 0.124 e. The van der Waals surface area contributed by atoms with Crippen molar-refractivity contribution in [1.82, 2.24) is 4.90 Å². The molecular formula is C15H21NO2. The Kier molecular flexibility index (Phi) is 4.79. The van der Waals surface area contributed by atoms with Crippen molar-refractivity contribution in [3.05, 3.63) is 42.5 Å². The Morgan fingerprint density at radius 1 is 1.33 bits per heavy atom. The Balaban J connectivity index is 1.97. The minimum absolute atomic E-state index is 0.117. The molecule has 1 aromatic rings. The number of nitrogens with zero attached hydrogens (tertiary/aromatic N) is 1. The lowest BCUT2D eigenvalue weighted by Crippen LogP contribution is -2.35. The molecule has 98 valence electrons. The number of ether oxygens (including phenoxy) is 1. The molecule has 1 heterocycles. The summed E-state index contributed by atoms with van der Waals surface area (Å²) in [6.45, 7) is 7.00. The van der Waals surface area contributed by atoms with Gasteiger partial charge in [0.1, 0.15) is 12.4 Å². The quantitative estimate of drug-likeness (QED) is 0.810. The molecule has 0 radical (unpaired) electrons. The summed E-state index contributed by atoms with van der Waals surface area (Å²) in [5, 5.41) is 9.50. The summed E-state index contributed by atoms with van der Waals surface area (Å²) in [6, 6.07) is 8.12. The Bertz CT molecular complexity index is 384. The van der Waals surface area contributed by atoms with Gasteiger partial charge in [0.25, 0.3) is 0 Å². The number of para-hydroxylation sites is 1. The van der Waals surface area contributed by atoms with Crippen LogP contribution in [0.1, 0.15) is 18.4 Å². The van der Waals surface area contributed by atoms with Crippen LogP contribution in [0.3, 0.4) is 0 Å². The second-order valence-electron chi connectivity index (χ2n) is 4.71. The van der Waals surface area contributed by atoms with Crippen LogP contribution in [0.25, 0.3) is 0 Å². The number of rotatable bonds is 5. The molecule has 1 aromatic carbocycles. The van der Waals surface area contributed by atoms with Crippen molar-refractivity contribution in [3.63, 3.8) is 0 Å². The predicted molar refractivity (Wildman–Crippen MR) is 72.7 cm³/mol. The molecule has 18 heavy (non-hydrogen) atoms. The van der Waals surface area contributed by atoms with Gasteiger partial charge in [-0.2, -0.15) is 0 Å². The van der Waals surface area contributed by atoms with Crippen LogP contribution in [0, 0.1) is 0 Å². The number of likely N-dealkylation sites (tertiary alicyclic amines) is 1. The third-order valence-electron chi connectivity index (χ3n) is 3.28. The van der Waals surface area contributed by atoms with E-state index in [1.54, 1.807) is 6.08 Å². The number of hydrogen-bond acceptors (Lipinski definition) is 3. The highest BCUT2D eigenvalue weighted by molar-refractivity contribution is 5.33. The summed E-state index contributed by atoms with van der Waals surface area (Å²) in [7, 11) is 0. The van der Waals surface area contributed by atoms with Gasteiger partial charge in [-0.3, -0.25) is 4.90 Å². The van der Waals surface area contributed by atoms with Gasteiger partial charge < -0.3 is 9.84 Å². The average Bonchev–Trinajstić information content (AvgIpc) is 2.40. The molecule has 0 aliphatic carbocycles. The van der Waals surface area contributed by atoms with Gasteiger partial charge in [-0.1, -0.05) is 30.9 Å². The molecule has 1 aliphatic rings. The third kappa shape index (κ3) is 3.59. The number of benzene rings is 1. The van der Waals surface area contributed by atoms with Crippen LogP contribution in [0.15, 0.2) is 36.9 Å². The van der Waals surface area contributed by atoms with E-state index in [0.717, 1.165) is 38.2 Å². The van der Waals surface area contributed by atoms with Crippen molar-refractivity contribution in [2.45, 2.75) is 25.5 Å². The first-order valence-electron chi connectivity index (χ1n) is 6.51. The van der Waals surface area contributed by atoms with Crippen LogP contribution in [0.4, 0.5) is 0 Å². The first-order chi connectivity index (χ1) is 8.79. The van der Waals surface area contributed by atoms with Crippen molar-refractivity contribution in [2.75, 3.05) is 19.7 Å². The van der Waals surface area contributed by atoms with Crippen LogP contribution in [0.2, 0.25) is 0 Å². The van der Waals surface area contributed by atoms with Crippen molar-refractivity contribution in [1.29, 1.82) is 0 Å². The molecule has 0 unspecified atom stereocenters. The zero-order chi connectivity index (χ0) is 12.8. The summed E-state index contributed by atoms with van der Waals surface area (Å²) in [4.78, 5) is 2.36. The second kappa shape index (κ2) is 6.57. The van der Waals surface area contributed by atoms with Crippen molar-refractivity contribution in [2.24, 2.45) is 0 Å². The van der Waals surface area contributed by atoms with Gasteiger partial charge in [-0.15, -0.1) is 0 Å². The van der Waals surface area contributed by atoms with Crippen molar-refractivity contribution >= 4 is 0 Å². The zero-order valence-corrected chi connectivity index (χ0v) is 10.7. The Hall–Kier alpha value is -1.32. The fraction of sp³-hybridized carbons (Fsp3) is 0.467. The van der Waals surface area contributed by atoms with Crippen LogP contribution in [-0.4, -0.2) is 35.8 Å². The van der Waals surface area contributed by atoms with Crippen LogP contribution in [-0.2, 0) is 6.54 Å². The molecule has 1 N–H and O–H groups in total. The highest BCUT2D eigenvalue weighted by atomic mass is 16.5. The highest BCUT2D eigenvalue weighted by Crippen LogP contribution is 2.21. The van der Waals surface area contributed by atoms with Crippen LogP contribution in [0.5, 0.6) is 5.75 Å². The van der Waals surface area contributed by atoms with Gasteiger partial charge in [0.15, 0.2) is 0 Å². The van der Waals surface area contributed by atoms with Gasteiger partial charge in [-0.25, -0.2) is 0 Å². The summed E-state index contributed by atoms with van der Waals surface area (Å²) in [5.74, 6) is 0.934. The Morgan fingerprint density at radius 2 is 2.06 bits per heavy atom. The lowest BCUT2D eigenvalue weighted by molar-refractivity contribution is 0.0788. The molecule has 1 aliphatic heterocycles. The van der Waals surface area contributed by atoms with Gasteiger partial charge in [0.2, 0.25) is 0 Å². The van der Waals surface area contributed by atoms with Crippen LogP contribution >= 0.6 is 0 Å². The summed E-state index contributed by atoms with van der Waals surface area (Å²) >= 11 is 0. The second-order valence-corrected chi connectivity index (χ2v) is 4.71. The zero-order valence-electron chi connectivity index (χ0n) is 10.7. The van der Waals surface area contributed by atoms with E-state index in [0.29, 0.717) is 6.61 Å². The minimum atomic E-state index is -0.117. The van der Waals surface area contributed by atoms with E-state index in [4.69, 9.17) is 4.74 Å². The molecule has 0 saturated carbocycles. The summed E-state index contributed by atoms with van der Waals surface area (Å²) in [5.41, 5.74) is 1.20. The van der Waals surface area contributed by atoms with E-state index in [9.17, 15) is 5.11 Å². The van der Waals surface area contributed by atoms with E-state index in [1.807, 2.05) is 18.2 Å². The van der Waals surface area contributed by atoms with Gasteiger partial charge in [0.05, 0.1) is 6.10 Å². The lowest BCUT2D eigenvalue weighted by Gasteiger charge is -2.29. The third-order valence-corrected chi connectivity index (χ3v) is 3.28. The normalized spacial score (nSPS) is 17.6. The fourth-order valence-corrected chi connectivity index (χ4v) is 2.24. The van der Waals surface area contributed by atoms with E-state index in [-0.39, 0.29) is 6.10 Å². The molecule has 0 aromatic heterocycles. The fourth-order valence-electron chi connectivity index (χ4n) is 2.24. The largest absolute Gasteiger partial charge is 0.489 e. The van der Waals surface area contributed by atoms with Gasteiger partial charge >= 0.3 is 0 Å². The SMILES string of the molecule is C=CCOc1ccccc1CN1CCC(O)CC1. The van der Waals surface area contributed by atoms with E-state index in [2.05, 4.69) is 17.5 Å². The number of hydrogen-bond donors (Lipinski definition) is 1. The number of piperidine rings is 1.